The van der Waals surface area contributed by atoms with Crippen LogP contribution in [0.2, 0.25) is 0 Å². The summed E-state index contributed by atoms with van der Waals surface area (Å²) in [6.45, 7) is 3.09. The van der Waals surface area contributed by atoms with Gasteiger partial charge in [-0.3, -0.25) is 9.59 Å². The second-order valence-corrected chi connectivity index (χ2v) is 4.61. The fourth-order valence-corrected chi connectivity index (χ4v) is 2.06. The van der Waals surface area contributed by atoms with Gasteiger partial charge in [0.15, 0.2) is 0 Å². The first-order valence-electron chi connectivity index (χ1n) is 5.44. The maximum atomic E-state index is 11.4. The fraction of sp³-hybridized carbons (Fsp3) is 0.455. The number of pyridine rings is 1. The van der Waals surface area contributed by atoms with Crippen LogP contribution < -0.4 is 16.6 Å². The number of carbonyl (C=O) groups is 1. The molecule has 5 nitrogen and oxygen atoms in total. The van der Waals surface area contributed by atoms with E-state index < -0.39 is 0 Å². The predicted octanol–water partition coefficient (Wildman–Crippen LogP) is 0.300. The second-order valence-electron chi connectivity index (χ2n) is 3.50. The molecule has 0 atom stereocenters. The van der Waals surface area contributed by atoms with E-state index in [1.807, 2.05) is 6.92 Å². The number of anilines is 1. The lowest BCUT2D eigenvalue weighted by Crippen LogP contribution is -2.25. The van der Waals surface area contributed by atoms with Crippen molar-refractivity contribution in [3.05, 3.63) is 28.7 Å². The van der Waals surface area contributed by atoms with E-state index in [2.05, 4.69) is 5.32 Å². The Labute approximate surface area is 104 Å². The van der Waals surface area contributed by atoms with Crippen LogP contribution in [0.3, 0.4) is 0 Å². The SMILES string of the molecule is CCNC(=O)CSCCn1cc(N)ccc1=O. The van der Waals surface area contributed by atoms with Gasteiger partial charge in [-0.15, -0.1) is 0 Å². The van der Waals surface area contributed by atoms with Crippen molar-refractivity contribution in [3.63, 3.8) is 0 Å². The topological polar surface area (TPSA) is 77.1 Å². The molecule has 1 amide bonds. The number of carbonyl (C=O) groups excluding carboxylic acids is 1. The number of hydrogen-bond donors (Lipinski definition) is 2. The number of nitrogens with zero attached hydrogens (tertiary/aromatic N) is 1. The van der Waals surface area contributed by atoms with Gasteiger partial charge in [0.05, 0.1) is 5.75 Å². The zero-order valence-electron chi connectivity index (χ0n) is 9.81. The van der Waals surface area contributed by atoms with Gasteiger partial charge in [0.2, 0.25) is 5.91 Å². The predicted molar refractivity (Wildman–Crippen MR) is 71.1 cm³/mol. The summed E-state index contributed by atoms with van der Waals surface area (Å²) >= 11 is 1.50. The zero-order chi connectivity index (χ0) is 12.7. The molecule has 1 heterocycles. The number of rotatable bonds is 6. The van der Waals surface area contributed by atoms with Gasteiger partial charge in [0, 0.05) is 36.8 Å². The number of amides is 1. The molecule has 0 radical (unpaired) electrons. The van der Waals surface area contributed by atoms with Crippen molar-refractivity contribution in [1.29, 1.82) is 0 Å². The van der Waals surface area contributed by atoms with E-state index in [4.69, 9.17) is 5.73 Å². The van der Waals surface area contributed by atoms with Crippen LogP contribution in [0.15, 0.2) is 23.1 Å². The van der Waals surface area contributed by atoms with Crippen LogP contribution in [0.1, 0.15) is 6.92 Å². The van der Waals surface area contributed by atoms with E-state index in [9.17, 15) is 9.59 Å². The molecule has 0 bridgehead atoms. The molecule has 17 heavy (non-hydrogen) atoms. The van der Waals surface area contributed by atoms with Crippen LogP contribution in [-0.2, 0) is 11.3 Å². The molecule has 0 fully saturated rings. The van der Waals surface area contributed by atoms with Gasteiger partial charge in [0.25, 0.3) is 5.56 Å². The summed E-state index contributed by atoms with van der Waals surface area (Å²) in [5.74, 6) is 1.16. The van der Waals surface area contributed by atoms with Crippen LogP contribution >= 0.6 is 11.8 Å². The molecule has 0 aliphatic carbocycles. The maximum Gasteiger partial charge on any atom is 0.250 e. The molecule has 3 N–H and O–H groups in total. The minimum absolute atomic E-state index is 0.0254. The number of nitrogens with two attached hydrogens (primary N) is 1. The summed E-state index contributed by atoms with van der Waals surface area (Å²) in [4.78, 5) is 22.6. The number of aromatic nitrogens is 1. The lowest BCUT2D eigenvalue weighted by atomic mass is 10.4. The van der Waals surface area contributed by atoms with E-state index in [1.54, 1.807) is 16.8 Å². The van der Waals surface area contributed by atoms with E-state index in [-0.39, 0.29) is 11.5 Å². The first-order valence-corrected chi connectivity index (χ1v) is 6.59. The number of thioether (sulfide) groups is 1. The lowest BCUT2D eigenvalue weighted by molar-refractivity contribution is -0.118. The number of aryl methyl sites for hydroxylation is 1. The van der Waals surface area contributed by atoms with Crippen LogP contribution in [0.25, 0.3) is 0 Å². The summed E-state index contributed by atoms with van der Waals surface area (Å²) in [6, 6.07) is 3.03. The van der Waals surface area contributed by atoms with Crippen molar-refractivity contribution in [3.8, 4) is 0 Å². The Bertz CT molecular complexity index is 431. The number of hydrogen-bond acceptors (Lipinski definition) is 4. The zero-order valence-corrected chi connectivity index (χ0v) is 10.6. The highest BCUT2D eigenvalue weighted by Gasteiger charge is 2.00. The Kier molecular flexibility index (Phi) is 5.62. The largest absolute Gasteiger partial charge is 0.398 e. The van der Waals surface area contributed by atoms with Crippen molar-refractivity contribution >= 4 is 23.4 Å². The van der Waals surface area contributed by atoms with Crippen LogP contribution in [0.4, 0.5) is 5.69 Å². The Hall–Kier alpha value is -1.43. The Morgan fingerprint density at radius 1 is 1.53 bits per heavy atom. The molecule has 0 saturated carbocycles. The van der Waals surface area contributed by atoms with Gasteiger partial charge in [-0.2, -0.15) is 11.8 Å². The van der Waals surface area contributed by atoms with E-state index in [0.717, 1.165) is 0 Å². The standard InChI is InChI=1S/C11H17N3O2S/c1-2-13-10(15)8-17-6-5-14-7-9(12)3-4-11(14)16/h3-4,7H,2,5-6,8,12H2,1H3,(H,13,15). The Morgan fingerprint density at radius 2 is 2.29 bits per heavy atom. The minimum Gasteiger partial charge on any atom is -0.398 e. The molecule has 94 valence electrons. The smallest absolute Gasteiger partial charge is 0.250 e. The fourth-order valence-electron chi connectivity index (χ4n) is 1.30. The van der Waals surface area contributed by atoms with Crippen molar-refractivity contribution in [2.75, 3.05) is 23.8 Å². The highest BCUT2D eigenvalue weighted by molar-refractivity contribution is 7.99. The number of nitrogens with one attached hydrogen (secondary N) is 1. The highest BCUT2D eigenvalue weighted by Crippen LogP contribution is 2.02. The van der Waals surface area contributed by atoms with Crippen LogP contribution in [-0.4, -0.2) is 28.5 Å². The van der Waals surface area contributed by atoms with Gasteiger partial charge in [-0.1, -0.05) is 0 Å². The molecule has 1 aromatic heterocycles. The van der Waals surface area contributed by atoms with Crippen molar-refractivity contribution in [2.24, 2.45) is 0 Å². The minimum atomic E-state index is -0.0715. The molecule has 1 rings (SSSR count). The molecular weight excluding hydrogens is 238 g/mol. The Morgan fingerprint density at radius 3 is 3.00 bits per heavy atom. The van der Waals surface area contributed by atoms with Gasteiger partial charge in [0.1, 0.15) is 0 Å². The molecule has 0 unspecified atom stereocenters. The van der Waals surface area contributed by atoms with E-state index in [1.165, 1.54) is 17.8 Å². The monoisotopic (exact) mass is 255 g/mol. The average Bonchev–Trinajstić information content (AvgIpc) is 2.29. The third-order valence-corrected chi connectivity index (χ3v) is 3.03. The van der Waals surface area contributed by atoms with Gasteiger partial charge in [-0.25, -0.2) is 0 Å². The van der Waals surface area contributed by atoms with Gasteiger partial charge < -0.3 is 15.6 Å². The summed E-state index contributed by atoms with van der Waals surface area (Å²) in [7, 11) is 0. The molecule has 0 spiro atoms. The summed E-state index contributed by atoms with van der Waals surface area (Å²) < 4.78 is 1.56. The third-order valence-electron chi connectivity index (χ3n) is 2.09. The summed E-state index contributed by atoms with van der Waals surface area (Å²) in [5, 5.41) is 2.72. The lowest BCUT2D eigenvalue weighted by Gasteiger charge is -2.06. The van der Waals surface area contributed by atoms with Crippen LogP contribution in [0, 0.1) is 0 Å². The first-order chi connectivity index (χ1) is 8.13. The van der Waals surface area contributed by atoms with Gasteiger partial charge in [-0.05, 0) is 13.0 Å². The average molecular weight is 255 g/mol. The maximum absolute atomic E-state index is 11.4. The van der Waals surface area contributed by atoms with Crippen LogP contribution in [0.5, 0.6) is 0 Å². The number of nitrogen functional groups attached to an aromatic ring is 1. The van der Waals surface area contributed by atoms with Crippen molar-refractivity contribution in [1.82, 2.24) is 9.88 Å². The molecule has 0 aliphatic rings. The normalized spacial score (nSPS) is 10.2. The molecular formula is C11H17N3O2S. The van der Waals surface area contributed by atoms with E-state index >= 15 is 0 Å². The van der Waals surface area contributed by atoms with Gasteiger partial charge >= 0.3 is 0 Å². The third kappa shape index (κ3) is 4.95. The summed E-state index contributed by atoms with van der Waals surface area (Å²) in [6.07, 6.45) is 1.62. The molecule has 6 heteroatoms. The highest BCUT2D eigenvalue weighted by atomic mass is 32.2. The molecule has 0 aromatic carbocycles. The van der Waals surface area contributed by atoms with Crippen molar-refractivity contribution in [2.45, 2.75) is 13.5 Å². The Balaban J connectivity index is 2.33. The first kappa shape index (κ1) is 13.6. The quantitative estimate of drug-likeness (QED) is 0.717. The molecule has 1 aromatic rings. The van der Waals surface area contributed by atoms with E-state index in [0.29, 0.717) is 30.3 Å². The molecule has 0 aliphatic heterocycles. The second kappa shape index (κ2) is 7.01. The van der Waals surface area contributed by atoms with Crippen molar-refractivity contribution < 1.29 is 4.79 Å². The molecule has 0 saturated heterocycles. The summed E-state index contributed by atoms with van der Waals surface area (Å²) in [5.41, 5.74) is 6.09.